The van der Waals surface area contributed by atoms with Crippen LogP contribution in [0.2, 0.25) is 0 Å². The molecule has 1 saturated heterocycles. The molecule has 1 heterocycles. The quantitative estimate of drug-likeness (QED) is 0.344. The summed E-state index contributed by atoms with van der Waals surface area (Å²) in [5.74, 6) is -1.84. The van der Waals surface area contributed by atoms with Gasteiger partial charge < -0.3 is 30.7 Å². The van der Waals surface area contributed by atoms with Crippen molar-refractivity contribution in [1.29, 1.82) is 0 Å². The van der Waals surface area contributed by atoms with E-state index in [1.165, 1.54) is 7.11 Å². The van der Waals surface area contributed by atoms with Crippen LogP contribution in [0.15, 0.2) is 57.5 Å². The molecule has 3 rings (SSSR count). The number of carbonyl (C=O) groups is 3. The SMILES string of the molecule is COC(=O)C(O)[C@H](N)Cc1ccc(Br)cc1.Cl.O=C1N[C@H](Cc2ccc(Br)cc2)C(C(=O)O)O1. The van der Waals surface area contributed by atoms with Gasteiger partial charge in [-0.25, -0.2) is 14.4 Å². The highest BCUT2D eigenvalue weighted by Crippen LogP contribution is 2.17. The van der Waals surface area contributed by atoms with Crippen LogP contribution in [0.5, 0.6) is 0 Å². The highest BCUT2D eigenvalue weighted by molar-refractivity contribution is 9.10. The van der Waals surface area contributed by atoms with Crippen molar-refractivity contribution in [2.75, 3.05) is 7.11 Å². The van der Waals surface area contributed by atoms with Crippen LogP contribution < -0.4 is 11.1 Å². The van der Waals surface area contributed by atoms with E-state index in [9.17, 15) is 19.5 Å². The Morgan fingerprint density at radius 3 is 2.06 bits per heavy atom. The number of cyclic esters (lactones) is 1. The minimum atomic E-state index is -1.28. The number of hydrogen-bond acceptors (Lipinski definition) is 7. The minimum absolute atomic E-state index is 0. The number of nitrogens with one attached hydrogen (secondary N) is 1. The molecule has 5 N–H and O–H groups in total. The van der Waals surface area contributed by atoms with E-state index in [-0.39, 0.29) is 12.4 Å². The first kappa shape index (κ1) is 29.9. The molecule has 1 amide bonds. The largest absolute Gasteiger partial charge is 0.478 e. The highest BCUT2D eigenvalue weighted by Gasteiger charge is 2.39. The topological polar surface area (TPSA) is 148 Å². The van der Waals surface area contributed by atoms with Gasteiger partial charge >= 0.3 is 18.0 Å². The Morgan fingerprint density at radius 1 is 1.09 bits per heavy atom. The summed E-state index contributed by atoms with van der Waals surface area (Å²) in [5, 5.41) is 20.9. The predicted molar refractivity (Wildman–Crippen MR) is 134 cm³/mol. The van der Waals surface area contributed by atoms with Gasteiger partial charge in [-0.05, 0) is 48.2 Å². The maximum Gasteiger partial charge on any atom is 0.408 e. The molecule has 0 aliphatic carbocycles. The van der Waals surface area contributed by atoms with E-state index in [1.807, 2.05) is 48.5 Å². The number of aliphatic hydroxyl groups is 1. The van der Waals surface area contributed by atoms with Crippen LogP contribution in [-0.4, -0.2) is 59.6 Å². The summed E-state index contributed by atoms with van der Waals surface area (Å²) in [6, 6.07) is 13.8. The van der Waals surface area contributed by atoms with Gasteiger partial charge in [-0.1, -0.05) is 56.1 Å². The number of halogens is 3. The van der Waals surface area contributed by atoms with E-state index in [2.05, 4.69) is 46.7 Å². The Balaban J connectivity index is 0.000000331. The molecule has 34 heavy (non-hydrogen) atoms. The summed E-state index contributed by atoms with van der Waals surface area (Å²) < 4.78 is 11.0. The van der Waals surface area contributed by atoms with E-state index in [0.29, 0.717) is 12.8 Å². The molecule has 0 radical (unpaired) electrons. The maximum atomic E-state index is 11.0. The number of methoxy groups -OCH3 is 1. The van der Waals surface area contributed by atoms with Crippen molar-refractivity contribution >= 4 is 62.3 Å². The number of carboxylic acid groups (broad SMARTS) is 1. The first-order chi connectivity index (χ1) is 15.6. The second kappa shape index (κ2) is 14.3. The molecule has 186 valence electrons. The molecule has 0 aromatic heterocycles. The Morgan fingerprint density at radius 2 is 1.59 bits per heavy atom. The zero-order valence-electron chi connectivity index (χ0n) is 18.0. The van der Waals surface area contributed by atoms with Crippen LogP contribution in [0.1, 0.15) is 11.1 Å². The van der Waals surface area contributed by atoms with Gasteiger partial charge in [-0.2, -0.15) is 0 Å². The lowest BCUT2D eigenvalue weighted by Crippen LogP contribution is -2.42. The lowest BCUT2D eigenvalue weighted by Gasteiger charge is -2.16. The van der Waals surface area contributed by atoms with E-state index >= 15 is 0 Å². The average Bonchev–Trinajstić information content (AvgIpc) is 3.16. The van der Waals surface area contributed by atoms with Gasteiger partial charge in [-0.15, -0.1) is 12.4 Å². The van der Waals surface area contributed by atoms with Crippen LogP contribution >= 0.6 is 44.3 Å². The number of aliphatic carboxylic acids is 1. The second-order valence-corrected chi connectivity index (χ2v) is 9.04. The molecule has 1 fully saturated rings. The predicted octanol–water partition coefficient (Wildman–Crippen LogP) is 2.83. The standard InChI is InChI=1S/C11H10BrNO4.C11H14BrNO3.ClH/c12-7-3-1-6(2-4-7)5-8-9(10(14)15)17-11(16)13-8;1-16-11(15)10(14)9(13)6-7-2-4-8(12)5-3-7;/h1-4,8-9H,5H2,(H,13,16)(H,14,15);2-5,9-10,14H,6,13H2,1H3;1H/t8-,9?;9-,10?;/m11./s1. The maximum absolute atomic E-state index is 11.0. The fraction of sp³-hybridized carbons (Fsp3) is 0.318. The number of aliphatic hydroxyl groups excluding tert-OH is 1. The molecule has 0 bridgehead atoms. The lowest BCUT2D eigenvalue weighted by atomic mass is 10.0. The third kappa shape index (κ3) is 9.22. The van der Waals surface area contributed by atoms with Crippen molar-refractivity contribution in [2.24, 2.45) is 5.73 Å². The summed E-state index contributed by atoms with van der Waals surface area (Å²) in [4.78, 5) is 32.9. The van der Waals surface area contributed by atoms with Gasteiger partial charge in [0.15, 0.2) is 6.10 Å². The number of esters is 1. The molecule has 12 heteroatoms. The van der Waals surface area contributed by atoms with Crippen LogP contribution in [0, 0.1) is 0 Å². The molecule has 0 spiro atoms. The molecular formula is C22H25Br2ClN2O7. The Bertz CT molecular complexity index is 961. The monoisotopic (exact) mass is 622 g/mol. The lowest BCUT2D eigenvalue weighted by molar-refractivity contribution is -0.151. The van der Waals surface area contributed by atoms with Crippen molar-refractivity contribution in [3.8, 4) is 0 Å². The summed E-state index contributed by atoms with van der Waals surface area (Å²) in [7, 11) is 1.22. The van der Waals surface area contributed by atoms with Crippen LogP contribution in [0.3, 0.4) is 0 Å². The third-order valence-electron chi connectivity index (χ3n) is 4.75. The molecule has 4 atom stereocenters. The normalized spacial score (nSPS) is 18.2. The second-order valence-electron chi connectivity index (χ2n) is 7.21. The summed E-state index contributed by atoms with van der Waals surface area (Å²) in [5.41, 5.74) is 7.60. The van der Waals surface area contributed by atoms with E-state index in [1.54, 1.807) is 0 Å². The first-order valence-electron chi connectivity index (χ1n) is 9.81. The molecule has 2 aromatic rings. The Kier molecular flexibility index (Phi) is 12.5. The third-order valence-corrected chi connectivity index (χ3v) is 5.81. The van der Waals surface area contributed by atoms with Gasteiger partial charge in [0.25, 0.3) is 0 Å². The zero-order valence-corrected chi connectivity index (χ0v) is 22.0. The molecule has 0 saturated carbocycles. The van der Waals surface area contributed by atoms with Crippen molar-refractivity contribution in [3.05, 3.63) is 68.6 Å². The molecule has 9 nitrogen and oxygen atoms in total. The molecule has 1 aliphatic heterocycles. The van der Waals surface area contributed by atoms with Crippen LogP contribution in [-0.2, 0) is 31.9 Å². The van der Waals surface area contributed by atoms with Gasteiger partial charge in [0, 0.05) is 15.0 Å². The Hall–Kier alpha value is -2.18. The van der Waals surface area contributed by atoms with Crippen molar-refractivity contribution in [3.63, 3.8) is 0 Å². The smallest absolute Gasteiger partial charge is 0.408 e. The van der Waals surface area contributed by atoms with Gasteiger partial charge in [-0.3, -0.25) is 0 Å². The van der Waals surface area contributed by atoms with Gasteiger partial charge in [0.1, 0.15) is 0 Å². The summed E-state index contributed by atoms with van der Waals surface area (Å²) >= 11 is 6.63. The number of carbonyl (C=O) groups excluding carboxylic acids is 2. The van der Waals surface area contributed by atoms with Gasteiger partial charge in [0.05, 0.1) is 13.2 Å². The number of nitrogens with two attached hydrogens (primary N) is 1. The van der Waals surface area contributed by atoms with E-state index in [4.69, 9.17) is 10.8 Å². The van der Waals surface area contributed by atoms with Crippen molar-refractivity contribution in [2.45, 2.75) is 37.1 Å². The number of ether oxygens (including phenoxy) is 2. The summed E-state index contributed by atoms with van der Waals surface area (Å²) in [6.07, 6.45) is -2.24. The fourth-order valence-corrected chi connectivity index (χ4v) is 3.54. The number of carboxylic acids is 1. The summed E-state index contributed by atoms with van der Waals surface area (Å²) in [6.45, 7) is 0. The number of hydrogen-bond donors (Lipinski definition) is 4. The van der Waals surface area contributed by atoms with Crippen molar-refractivity contribution in [1.82, 2.24) is 5.32 Å². The van der Waals surface area contributed by atoms with E-state index < -0.39 is 42.3 Å². The van der Waals surface area contributed by atoms with Crippen LogP contribution in [0.4, 0.5) is 4.79 Å². The minimum Gasteiger partial charge on any atom is -0.478 e. The zero-order chi connectivity index (χ0) is 24.5. The van der Waals surface area contributed by atoms with Crippen LogP contribution in [0.25, 0.3) is 0 Å². The highest BCUT2D eigenvalue weighted by atomic mass is 79.9. The van der Waals surface area contributed by atoms with E-state index in [0.717, 1.165) is 20.1 Å². The molecule has 2 aromatic carbocycles. The number of benzene rings is 2. The molecule has 2 unspecified atom stereocenters. The van der Waals surface area contributed by atoms with Gasteiger partial charge in [0.2, 0.25) is 6.10 Å². The number of amides is 1. The number of alkyl carbamates (subject to hydrolysis) is 1. The average molecular weight is 625 g/mol. The fourth-order valence-electron chi connectivity index (χ4n) is 3.01. The number of rotatable bonds is 7. The Labute approximate surface area is 219 Å². The van der Waals surface area contributed by atoms with Crippen molar-refractivity contribution < 1.29 is 34.1 Å². The molecule has 1 aliphatic rings. The first-order valence-corrected chi connectivity index (χ1v) is 11.4. The molecular weight excluding hydrogens is 600 g/mol.